The summed E-state index contributed by atoms with van der Waals surface area (Å²) in [5.74, 6) is 3.96. The lowest BCUT2D eigenvalue weighted by Crippen LogP contribution is -2.74. The van der Waals surface area contributed by atoms with Crippen molar-refractivity contribution in [1.82, 2.24) is 24.6 Å². The van der Waals surface area contributed by atoms with Gasteiger partial charge in [-0.05, 0) is 23.7 Å². The highest BCUT2D eigenvalue weighted by Gasteiger charge is 2.58. The van der Waals surface area contributed by atoms with Gasteiger partial charge in [0.1, 0.15) is 35.3 Å². The lowest BCUT2D eigenvalue weighted by molar-refractivity contribution is -0.681. The third-order valence-electron chi connectivity index (χ3n) is 5.53. The largest absolute Gasteiger partial charge is 0.481 e. The third kappa shape index (κ3) is 5.14. The van der Waals surface area contributed by atoms with Gasteiger partial charge in [-0.15, -0.1) is 16.4 Å². The number of amides is 2. The molecule has 2 saturated heterocycles. The Morgan fingerprint density at radius 1 is 1.41 bits per heavy atom. The molecule has 0 radical (unpaired) electrons. The van der Waals surface area contributed by atoms with Gasteiger partial charge in [0.2, 0.25) is 17.4 Å². The van der Waals surface area contributed by atoms with Gasteiger partial charge in [0.25, 0.3) is 11.7 Å². The maximum atomic E-state index is 12.9. The van der Waals surface area contributed by atoms with Crippen LogP contribution in [0, 0.1) is 5.41 Å². The average Bonchev–Trinajstić information content (AvgIpc) is 3.29. The fourth-order valence-corrected chi connectivity index (χ4v) is 6.76. The van der Waals surface area contributed by atoms with E-state index in [4.69, 9.17) is 27.9 Å². The van der Waals surface area contributed by atoms with Gasteiger partial charge in [-0.3, -0.25) is 20.2 Å². The van der Waals surface area contributed by atoms with Gasteiger partial charge in [-0.25, -0.2) is 0 Å². The van der Waals surface area contributed by atoms with Crippen molar-refractivity contribution in [3.8, 4) is 0 Å². The minimum Gasteiger partial charge on any atom is -0.481 e. The molecular weight excluding hydrogens is 546 g/mol. The van der Waals surface area contributed by atoms with Crippen LogP contribution in [0.2, 0.25) is 0 Å². The van der Waals surface area contributed by atoms with Crippen LogP contribution in [0.1, 0.15) is 12.7 Å². The van der Waals surface area contributed by atoms with E-state index in [2.05, 4.69) is 24.8 Å². The number of anilines is 3. The number of aliphatic carboxylic acids is 1. The van der Waals surface area contributed by atoms with Crippen molar-refractivity contribution in [2.45, 2.75) is 23.5 Å². The molecule has 0 spiro atoms. The molecule has 2 unspecified atom stereocenters. The molecule has 2 aromatic rings. The predicted molar refractivity (Wildman–Crippen MR) is 137 cm³/mol. The van der Waals surface area contributed by atoms with Crippen molar-refractivity contribution in [3.63, 3.8) is 0 Å². The Bertz CT molecular complexity index is 1270. The fraction of sp³-hybridized carbons (Fsp3) is 0.444. The molecule has 0 saturated carbocycles. The number of nitrogen functional groups attached to an aromatic ring is 4. The number of hydrogen-bond donors (Lipinski definition) is 6. The van der Waals surface area contributed by atoms with Crippen LogP contribution in [0.4, 0.5) is 16.6 Å². The minimum absolute atomic E-state index is 0.0237. The molecule has 2 aliphatic rings. The SMILES string of the molecule is CCON=C(C(=O)NC1C(=O)N2CC(CSc3nc(N)c(N)c[n+]3N)(C(=O)O)CS[C@H]12)c1nsc(N)n1. The second-order valence-electron chi connectivity index (χ2n) is 8.08. The molecule has 37 heavy (non-hydrogen) atoms. The quantitative estimate of drug-likeness (QED) is 0.0352. The number of aromatic nitrogens is 4. The van der Waals surface area contributed by atoms with E-state index in [0.717, 1.165) is 28.0 Å². The zero-order valence-electron chi connectivity index (χ0n) is 19.4. The number of fused-ring (bicyclic) bond motifs is 1. The third-order valence-corrected chi connectivity index (χ3v) is 8.91. The predicted octanol–water partition coefficient (Wildman–Crippen LogP) is -2.32. The Morgan fingerprint density at radius 2 is 2.16 bits per heavy atom. The molecule has 0 aliphatic carbocycles. The van der Waals surface area contributed by atoms with Crippen LogP contribution in [0.3, 0.4) is 0 Å². The highest BCUT2D eigenvalue weighted by molar-refractivity contribution is 8.00. The summed E-state index contributed by atoms with van der Waals surface area (Å²) in [5.41, 5.74) is 15.7. The highest BCUT2D eigenvalue weighted by Crippen LogP contribution is 2.44. The number of carbonyl (C=O) groups is 3. The molecular formula is C18H24N11O5S3+. The van der Waals surface area contributed by atoms with E-state index in [1.54, 1.807) is 6.92 Å². The van der Waals surface area contributed by atoms with E-state index in [0.29, 0.717) is 0 Å². The van der Waals surface area contributed by atoms with E-state index in [9.17, 15) is 19.5 Å². The molecule has 10 N–H and O–H groups in total. The molecule has 0 bridgehead atoms. The van der Waals surface area contributed by atoms with Gasteiger partial charge in [0.05, 0.1) is 0 Å². The number of thioether (sulfide) groups is 2. The highest BCUT2D eigenvalue weighted by atomic mass is 32.2. The van der Waals surface area contributed by atoms with Gasteiger partial charge in [-0.1, -0.05) is 5.16 Å². The summed E-state index contributed by atoms with van der Waals surface area (Å²) in [6, 6.07) is -0.885. The standard InChI is InChI=1S/C18H23N11O5S3/c1-2-34-26-8(11-25-16(21)37-27-11)12(30)23-9-13(31)28-4-18(15(32)33,5-35-14(9)28)6-36-17-24-10(20)7(19)3-29(17)22/h3,9,14,20H,2,4-6,19,22H2,1H3,(H4,21,23,25,27,30,32,33)/p+1/t9?,14-,18?/m1/s1. The van der Waals surface area contributed by atoms with Crippen LogP contribution >= 0.6 is 35.1 Å². The molecule has 2 aromatic heterocycles. The molecule has 19 heteroatoms. The van der Waals surface area contributed by atoms with E-state index in [-0.39, 0.29) is 58.0 Å². The smallest absolute Gasteiger partial charge is 0.384 e. The van der Waals surface area contributed by atoms with Crippen molar-refractivity contribution >= 4 is 75.2 Å². The molecule has 2 aliphatic heterocycles. The molecule has 3 atom stereocenters. The number of nitrogens with one attached hydrogen (secondary N) is 1. The van der Waals surface area contributed by atoms with Crippen molar-refractivity contribution in [2.24, 2.45) is 10.6 Å². The lowest BCUT2D eigenvalue weighted by Gasteiger charge is -2.53. The van der Waals surface area contributed by atoms with Crippen molar-refractivity contribution in [1.29, 1.82) is 0 Å². The number of carboxylic acid groups (broad SMARTS) is 1. The van der Waals surface area contributed by atoms with Crippen molar-refractivity contribution in [2.75, 3.05) is 47.7 Å². The van der Waals surface area contributed by atoms with E-state index < -0.39 is 34.6 Å². The number of carboxylic acids is 1. The second kappa shape index (κ2) is 10.4. The number of hydrogen-bond acceptors (Lipinski definition) is 15. The summed E-state index contributed by atoms with van der Waals surface area (Å²) in [7, 11) is 0. The number of nitrogens with two attached hydrogens (primary N) is 4. The fourth-order valence-electron chi connectivity index (χ4n) is 3.57. The van der Waals surface area contributed by atoms with Crippen LogP contribution in [0.5, 0.6) is 0 Å². The Morgan fingerprint density at radius 3 is 2.81 bits per heavy atom. The Kier molecular flexibility index (Phi) is 7.46. The zero-order valence-corrected chi connectivity index (χ0v) is 21.8. The van der Waals surface area contributed by atoms with Crippen molar-refractivity contribution in [3.05, 3.63) is 12.0 Å². The van der Waals surface area contributed by atoms with Crippen LogP contribution in [0.15, 0.2) is 16.5 Å². The number of β-lactam (4-membered cyclic amide) rings is 1. The lowest BCUT2D eigenvalue weighted by atomic mass is 9.89. The normalized spacial score (nSPS) is 23.2. The number of rotatable bonds is 9. The first kappa shape index (κ1) is 26.5. The number of nitrogens with zero attached hydrogens (tertiary/aromatic N) is 6. The van der Waals surface area contributed by atoms with E-state index in [1.807, 2.05) is 0 Å². The van der Waals surface area contributed by atoms with Gasteiger partial charge in [0, 0.05) is 29.6 Å². The van der Waals surface area contributed by atoms with Crippen LogP contribution in [-0.4, -0.2) is 83.9 Å². The first-order valence-corrected chi connectivity index (χ1v) is 13.5. The summed E-state index contributed by atoms with van der Waals surface area (Å²) < 4.78 is 5.14. The summed E-state index contributed by atoms with van der Waals surface area (Å²) in [4.78, 5) is 52.6. The molecule has 0 aromatic carbocycles. The Hall–Kier alpha value is -3.58. The Balaban J connectivity index is 1.44. The summed E-state index contributed by atoms with van der Waals surface area (Å²) in [6.07, 6.45) is 1.38. The Labute approximate surface area is 222 Å². The maximum Gasteiger partial charge on any atom is 0.384 e. The summed E-state index contributed by atoms with van der Waals surface area (Å²) in [6.45, 7) is 1.83. The molecule has 4 rings (SSSR count). The second-order valence-corrected chi connectivity index (χ2v) is 10.9. The summed E-state index contributed by atoms with van der Waals surface area (Å²) >= 11 is 3.23. The number of carbonyl (C=O) groups excluding carboxylic acids is 2. The molecule has 2 fully saturated rings. The van der Waals surface area contributed by atoms with Crippen LogP contribution in [0.25, 0.3) is 0 Å². The van der Waals surface area contributed by atoms with Crippen LogP contribution in [-0.2, 0) is 19.2 Å². The monoisotopic (exact) mass is 570 g/mol. The van der Waals surface area contributed by atoms with Gasteiger partial charge in [-0.2, -0.15) is 9.36 Å². The molecule has 198 valence electrons. The first-order chi connectivity index (χ1) is 17.6. The summed E-state index contributed by atoms with van der Waals surface area (Å²) in [5, 5.41) is 16.4. The first-order valence-electron chi connectivity index (χ1n) is 10.7. The van der Waals surface area contributed by atoms with Gasteiger partial charge >= 0.3 is 11.1 Å². The van der Waals surface area contributed by atoms with Crippen LogP contribution < -0.4 is 33.0 Å². The molecule has 2 amide bonds. The topological polar surface area (TPSA) is 255 Å². The molecule has 16 nitrogen and oxygen atoms in total. The maximum absolute atomic E-state index is 12.9. The number of oxime groups is 1. The van der Waals surface area contributed by atoms with Gasteiger partial charge in [0.15, 0.2) is 5.13 Å². The molecule has 4 heterocycles. The van der Waals surface area contributed by atoms with E-state index >= 15 is 0 Å². The van der Waals surface area contributed by atoms with E-state index in [1.165, 1.54) is 22.9 Å². The average molecular weight is 571 g/mol. The zero-order chi connectivity index (χ0) is 26.9. The van der Waals surface area contributed by atoms with Crippen molar-refractivity contribution < 1.29 is 29.0 Å². The minimum atomic E-state index is -1.29. The van der Waals surface area contributed by atoms with Gasteiger partial charge < -0.3 is 37.4 Å².